The van der Waals surface area contributed by atoms with E-state index in [1.165, 1.54) is 0 Å². The molecule has 3 rings (SSSR count). The largest absolute Gasteiger partial charge is 0.484 e. The number of rotatable bonds is 6. The number of carbonyl (C=O) groups excluding carboxylic acids is 1. The molecule has 1 amide bonds. The number of nitrogens with zero attached hydrogens (tertiary/aromatic N) is 2. The van der Waals surface area contributed by atoms with Crippen molar-refractivity contribution in [2.24, 2.45) is 0 Å². The summed E-state index contributed by atoms with van der Waals surface area (Å²) in [7, 11) is 0. The average Bonchev–Trinajstić information content (AvgIpc) is 3.10. The van der Waals surface area contributed by atoms with Crippen LogP contribution in [0, 0.1) is 0 Å². The summed E-state index contributed by atoms with van der Waals surface area (Å²) in [6, 6.07) is 16.5. The molecule has 128 valence electrons. The quantitative estimate of drug-likeness (QED) is 0.733. The smallest absolute Gasteiger partial charge is 0.411 e. The van der Waals surface area contributed by atoms with Gasteiger partial charge in [-0.05, 0) is 31.2 Å². The summed E-state index contributed by atoms with van der Waals surface area (Å²) in [5.41, 5.74) is 1.42. The zero-order valence-corrected chi connectivity index (χ0v) is 13.6. The third-order valence-corrected chi connectivity index (χ3v) is 3.21. The van der Waals surface area contributed by atoms with Gasteiger partial charge in [-0.1, -0.05) is 24.3 Å². The predicted molar refractivity (Wildman–Crippen MR) is 91.2 cm³/mol. The van der Waals surface area contributed by atoms with E-state index in [0.717, 1.165) is 5.56 Å². The molecule has 0 aliphatic rings. The maximum Gasteiger partial charge on any atom is 0.411 e. The number of amides is 1. The summed E-state index contributed by atoms with van der Waals surface area (Å²) in [4.78, 5) is 11.4. The highest BCUT2D eigenvalue weighted by atomic mass is 16.5. The van der Waals surface area contributed by atoms with Crippen LogP contribution in [-0.2, 0) is 11.3 Å². The predicted octanol–water partition coefficient (Wildman–Crippen LogP) is 3.88. The lowest BCUT2D eigenvalue weighted by Gasteiger charge is -2.07. The second-order valence-electron chi connectivity index (χ2n) is 5.03. The van der Waals surface area contributed by atoms with Gasteiger partial charge in [0.15, 0.2) is 6.61 Å². The van der Waals surface area contributed by atoms with Crippen LogP contribution in [-0.4, -0.2) is 22.9 Å². The normalized spacial score (nSPS) is 10.3. The van der Waals surface area contributed by atoms with Gasteiger partial charge < -0.3 is 13.9 Å². The van der Waals surface area contributed by atoms with Crippen molar-refractivity contribution in [3.63, 3.8) is 0 Å². The van der Waals surface area contributed by atoms with Gasteiger partial charge in [0.2, 0.25) is 5.89 Å². The highest BCUT2D eigenvalue weighted by Gasteiger charge is 2.09. The van der Waals surface area contributed by atoms with Crippen LogP contribution in [0.5, 0.6) is 5.75 Å². The van der Waals surface area contributed by atoms with Crippen molar-refractivity contribution in [1.29, 1.82) is 0 Å². The lowest BCUT2D eigenvalue weighted by molar-refractivity contribution is 0.168. The average molecular weight is 339 g/mol. The van der Waals surface area contributed by atoms with Gasteiger partial charge >= 0.3 is 6.09 Å². The monoisotopic (exact) mass is 339 g/mol. The Morgan fingerprint density at radius 3 is 2.76 bits per heavy atom. The molecule has 1 aromatic heterocycles. The maximum atomic E-state index is 11.4. The standard InChI is InChI=1S/C18H17N3O4/c1-2-23-18(22)19-14-9-6-10-15(11-14)24-12-16-20-21-17(25-16)13-7-4-3-5-8-13/h3-11H,2,12H2,1H3,(H,19,22). The van der Waals surface area contributed by atoms with E-state index in [0.29, 0.717) is 29.8 Å². The summed E-state index contributed by atoms with van der Waals surface area (Å²) in [5, 5.41) is 10.6. The van der Waals surface area contributed by atoms with E-state index in [9.17, 15) is 4.79 Å². The second-order valence-corrected chi connectivity index (χ2v) is 5.03. The summed E-state index contributed by atoms with van der Waals surface area (Å²) < 4.78 is 16.1. The summed E-state index contributed by atoms with van der Waals surface area (Å²) >= 11 is 0. The third-order valence-electron chi connectivity index (χ3n) is 3.21. The summed E-state index contributed by atoms with van der Waals surface area (Å²) in [6.07, 6.45) is -0.510. The topological polar surface area (TPSA) is 86.5 Å². The molecule has 0 bridgehead atoms. The first-order chi connectivity index (χ1) is 12.2. The van der Waals surface area contributed by atoms with E-state index in [-0.39, 0.29) is 6.61 Å². The Morgan fingerprint density at radius 1 is 1.12 bits per heavy atom. The number of aromatic nitrogens is 2. The first-order valence-electron chi connectivity index (χ1n) is 7.79. The van der Waals surface area contributed by atoms with E-state index >= 15 is 0 Å². The van der Waals surface area contributed by atoms with Crippen LogP contribution in [0.1, 0.15) is 12.8 Å². The van der Waals surface area contributed by atoms with Crippen LogP contribution in [0.15, 0.2) is 59.0 Å². The molecule has 0 saturated heterocycles. The number of hydrogen-bond acceptors (Lipinski definition) is 6. The number of anilines is 1. The first-order valence-corrected chi connectivity index (χ1v) is 7.79. The Bertz CT molecular complexity index is 833. The van der Waals surface area contributed by atoms with E-state index in [1.54, 1.807) is 31.2 Å². The van der Waals surface area contributed by atoms with Crippen molar-refractivity contribution in [2.45, 2.75) is 13.5 Å². The molecule has 0 aliphatic heterocycles. The Labute approximate surface area is 144 Å². The lowest BCUT2D eigenvalue weighted by Crippen LogP contribution is -2.13. The van der Waals surface area contributed by atoms with Gasteiger partial charge in [-0.2, -0.15) is 0 Å². The zero-order valence-electron chi connectivity index (χ0n) is 13.6. The van der Waals surface area contributed by atoms with Gasteiger partial charge in [-0.3, -0.25) is 5.32 Å². The van der Waals surface area contributed by atoms with E-state index in [1.807, 2.05) is 30.3 Å². The molecule has 3 aromatic rings. The van der Waals surface area contributed by atoms with Crippen molar-refractivity contribution >= 4 is 11.8 Å². The molecule has 0 radical (unpaired) electrons. The minimum atomic E-state index is -0.510. The molecule has 7 nitrogen and oxygen atoms in total. The molecule has 1 N–H and O–H groups in total. The Balaban J connectivity index is 1.60. The zero-order chi connectivity index (χ0) is 17.5. The SMILES string of the molecule is CCOC(=O)Nc1cccc(OCc2nnc(-c3ccccc3)o2)c1. The van der Waals surface area contributed by atoms with E-state index < -0.39 is 6.09 Å². The van der Waals surface area contributed by atoms with Crippen molar-refractivity contribution in [3.8, 4) is 17.2 Å². The van der Waals surface area contributed by atoms with Gasteiger partial charge in [0.1, 0.15) is 5.75 Å². The first kappa shape index (κ1) is 16.5. The number of hydrogen-bond donors (Lipinski definition) is 1. The Hall–Kier alpha value is -3.35. The van der Waals surface area contributed by atoms with Gasteiger partial charge in [0.25, 0.3) is 5.89 Å². The third kappa shape index (κ3) is 4.57. The van der Waals surface area contributed by atoms with Gasteiger partial charge in [0, 0.05) is 17.3 Å². The number of ether oxygens (including phenoxy) is 2. The van der Waals surface area contributed by atoms with Crippen LogP contribution >= 0.6 is 0 Å². The molecule has 1 heterocycles. The molecule has 7 heteroatoms. The lowest BCUT2D eigenvalue weighted by atomic mass is 10.2. The fourth-order valence-corrected chi connectivity index (χ4v) is 2.10. The molecule has 0 fully saturated rings. The summed E-state index contributed by atoms with van der Waals surface area (Å²) in [6.45, 7) is 2.18. The summed E-state index contributed by atoms with van der Waals surface area (Å²) in [5.74, 6) is 1.37. The molecule has 25 heavy (non-hydrogen) atoms. The van der Waals surface area contributed by atoms with Crippen LogP contribution in [0.2, 0.25) is 0 Å². The highest BCUT2D eigenvalue weighted by molar-refractivity contribution is 5.84. The van der Waals surface area contributed by atoms with Crippen molar-refractivity contribution in [2.75, 3.05) is 11.9 Å². The molecule has 0 unspecified atom stereocenters. The van der Waals surface area contributed by atoms with Crippen molar-refractivity contribution in [1.82, 2.24) is 10.2 Å². The number of carbonyl (C=O) groups is 1. The Morgan fingerprint density at radius 2 is 1.96 bits per heavy atom. The van der Waals surface area contributed by atoms with E-state index in [4.69, 9.17) is 13.9 Å². The van der Waals surface area contributed by atoms with Gasteiger partial charge in [0.05, 0.1) is 6.61 Å². The van der Waals surface area contributed by atoms with Crippen LogP contribution in [0.25, 0.3) is 11.5 Å². The van der Waals surface area contributed by atoms with Crippen molar-refractivity contribution in [3.05, 3.63) is 60.5 Å². The molecule has 2 aromatic carbocycles. The van der Waals surface area contributed by atoms with Gasteiger partial charge in [-0.25, -0.2) is 4.79 Å². The second kappa shape index (κ2) is 7.96. The van der Waals surface area contributed by atoms with Crippen LogP contribution in [0.3, 0.4) is 0 Å². The molecule has 0 saturated carbocycles. The molecular formula is C18H17N3O4. The molecule has 0 aliphatic carbocycles. The fraction of sp³-hybridized carbons (Fsp3) is 0.167. The number of nitrogens with one attached hydrogen (secondary N) is 1. The number of benzene rings is 2. The fourth-order valence-electron chi connectivity index (χ4n) is 2.10. The van der Waals surface area contributed by atoms with Crippen molar-refractivity contribution < 1.29 is 18.7 Å². The highest BCUT2D eigenvalue weighted by Crippen LogP contribution is 2.20. The Kier molecular flexibility index (Phi) is 5.26. The molecular weight excluding hydrogens is 322 g/mol. The van der Waals surface area contributed by atoms with Crippen LogP contribution < -0.4 is 10.1 Å². The van der Waals surface area contributed by atoms with Crippen LogP contribution in [0.4, 0.5) is 10.5 Å². The molecule has 0 spiro atoms. The molecule has 0 atom stereocenters. The minimum Gasteiger partial charge on any atom is -0.484 e. The minimum absolute atomic E-state index is 0.128. The maximum absolute atomic E-state index is 11.4. The van der Waals surface area contributed by atoms with E-state index in [2.05, 4.69) is 15.5 Å². The van der Waals surface area contributed by atoms with Gasteiger partial charge in [-0.15, -0.1) is 10.2 Å².